The van der Waals surface area contributed by atoms with Crippen molar-refractivity contribution < 1.29 is 9.90 Å². The molecule has 8 heteroatoms. The number of aliphatic hydroxyl groups is 1. The summed E-state index contributed by atoms with van der Waals surface area (Å²) < 4.78 is 2.93. The summed E-state index contributed by atoms with van der Waals surface area (Å²) in [5.41, 5.74) is 1.49. The van der Waals surface area contributed by atoms with Gasteiger partial charge in [0.15, 0.2) is 0 Å². The maximum atomic E-state index is 13.3. The molecule has 4 heterocycles. The van der Waals surface area contributed by atoms with Crippen LogP contribution in [-0.4, -0.2) is 49.6 Å². The molecule has 30 heavy (non-hydrogen) atoms. The number of nitrogens with one attached hydrogen (secondary N) is 1. The quantitative estimate of drug-likeness (QED) is 0.641. The number of rotatable bonds is 3. The lowest BCUT2D eigenvalue weighted by atomic mass is 9.91. The Bertz CT molecular complexity index is 1250. The summed E-state index contributed by atoms with van der Waals surface area (Å²) in [7, 11) is 0. The van der Waals surface area contributed by atoms with E-state index in [9.17, 15) is 14.7 Å². The molecule has 2 unspecified atom stereocenters. The largest absolute Gasteiger partial charge is 0.395 e. The molecule has 0 bridgehead atoms. The highest BCUT2D eigenvalue weighted by molar-refractivity contribution is 5.97. The molecule has 158 valence electrons. The molecule has 3 aromatic rings. The van der Waals surface area contributed by atoms with E-state index in [1.807, 2.05) is 13.0 Å². The van der Waals surface area contributed by atoms with Gasteiger partial charge in [0, 0.05) is 25.8 Å². The fourth-order valence-corrected chi connectivity index (χ4v) is 4.58. The molecule has 1 aliphatic heterocycles. The zero-order valence-corrected chi connectivity index (χ0v) is 17.6. The standard InChI is InChI=1S/C22H27N5O3/c1-13-9-14(2)12-25(11-13)21(29)16-10-17-20(26(7-8-28)18(16)23)24-19-15(3)5-4-6-27(19)22(17)30/h4-6,10,13-14,23,28H,7-9,11-12H2,1-3H3. The van der Waals surface area contributed by atoms with E-state index in [1.165, 1.54) is 15.0 Å². The van der Waals surface area contributed by atoms with E-state index in [0.717, 1.165) is 12.0 Å². The summed E-state index contributed by atoms with van der Waals surface area (Å²) in [6.45, 7) is 7.22. The highest BCUT2D eigenvalue weighted by Gasteiger charge is 2.28. The summed E-state index contributed by atoms with van der Waals surface area (Å²) >= 11 is 0. The van der Waals surface area contributed by atoms with Crippen molar-refractivity contribution in [2.24, 2.45) is 11.8 Å². The third-order valence-corrected chi connectivity index (χ3v) is 5.84. The summed E-state index contributed by atoms with van der Waals surface area (Å²) in [6, 6.07) is 5.14. The van der Waals surface area contributed by atoms with Crippen molar-refractivity contribution in [2.75, 3.05) is 19.7 Å². The number of likely N-dealkylation sites (tertiary alicyclic amines) is 1. The Morgan fingerprint density at radius 2 is 1.97 bits per heavy atom. The summed E-state index contributed by atoms with van der Waals surface area (Å²) in [5, 5.41) is 18.5. The van der Waals surface area contributed by atoms with Crippen LogP contribution in [0.25, 0.3) is 16.7 Å². The van der Waals surface area contributed by atoms with E-state index >= 15 is 0 Å². The normalized spacial score (nSPS) is 19.5. The number of aromatic nitrogens is 3. The molecule has 1 amide bonds. The Hall–Kier alpha value is -3.00. The topological polar surface area (TPSA) is 104 Å². The molecule has 3 aromatic heterocycles. The molecule has 8 nitrogen and oxygen atoms in total. The highest BCUT2D eigenvalue weighted by Crippen LogP contribution is 2.22. The summed E-state index contributed by atoms with van der Waals surface area (Å²) in [5.74, 6) is 0.521. The maximum absolute atomic E-state index is 13.3. The molecule has 0 spiro atoms. The van der Waals surface area contributed by atoms with E-state index in [1.54, 1.807) is 17.2 Å². The van der Waals surface area contributed by atoms with Crippen molar-refractivity contribution in [3.63, 3.8) is 0 Å². The van der Waals surface area contributed by atoms with Crippen LogP contribution in [0.4, 0.5) is 0 Å². The van der Waals surface area contributed by atoms with Crippen molar-refractivity contribution in [1.82, 2.24) is 18.9 Å². The second-order valence-electron chi connectivity index (χ2n) is 8.48. The third-order valence-electron chi connectivity index (χ3n) is 5.84. The first kappa shape index (κ1) is 20.3. The molecule has 2 atom stereocenters. The third kappa shape index (κ3) is 3.31. The number of aliphatic hydroxyl groups excluding tert-OH is 1. The Labute approximate surface area is 173 Å². The van der Waals surface area contributed by atoms with Crippen molar-refractivity contribution in [3.05, 3.63) is 51.4 Å². The number of piperidine rings is 1. The molecule has 0 saturated carbocycles. The molecular weight excluding hydrogens is 382 g/mol. The molecule has 1 fully saturated rings. The number of nitrogens with zero attached hydrogens (tertiary/aromatic N) is 4. The van der Waals surface area contributed by atoms with Crippen LogP contribution in [0.2, 0.25) is 0 Å². The van der Waals surface area contributed by atoms with Crippen LogP contribution in [0, 0.1) is 24.2 Å². The number of hydrogen-bond acceptors (Lipinski definition) is 5. The van der Waals surface area contributed by atoms with E-state index in [4.69, 9.17) is 5.41 Å². The van der Waals surface area contributed by atoms with Crippen LogP contribution in [0.5, 0.6) is 0 Å². The van der Waals surface area contributed by atoms with Crippen molar-refractivity contribution in [1.29, 1.82) is 5.41 Å². The fourth-order valence-electron chi connectivity index (χ4n) is 4.58. The van der Waals surface area contributed by atoms with Crippen molar-refractivity contribution in [3.8, 4) is 0 Å². The second kappa shape index (κ2) is 7.68. The number of amides is 1. The van der Waals surface area contributed by atoms with Gasteiger partial charge in [-0.1, -0.05) is 19.9 Å². The minimum atomic E-state index is -0.292. The van der Waals surface area contributed by atoms with E-state index in [2.05, 4.69) is 18.8 Å². The summed E-state index contributed by atoms with van der Waals surface area (Å²) in [4.78, 5) is 33.0. The molecule has 2 N–H and O–H groups in total. The van der Waals surface area contributed by atoms with Gasteiger partial charge in [-0.15, -0.1) is 0 Å². The van der Waals surface area contributed by atoms with Crippen molar-refractivity contribution in [2.45, 2.75) is 33.7 Å². The van der Waals surface area contributed by atoms with Gasteiger partial charge in [-0.2, -0.15) is 0 Å². The fraction of sp³-hybridized carbons (Fsp3) is 0.455. The van der Waals surface area contributed by atoms with Gasteiger partial charge in [-0.3, -0.25) is 19.4 Å². The average molecular weight is 409 g/mol. The number of fused-ring (bicyclic) bond motifs is 2. The zero-order chi connectivity index (χ0) is 21.6. The Kier molecular flexibility index (Phi) is 5.19. The number of hydrogen-bond donors (Lipinski definition) is 2. The molecule has 1 saturated heterocycles. The van der Waals surface area contributed by atoms with Crippen LogP contribution < -0.4 is 11.0 Å². The van der Waals surface area contributed by atoms with Crippen LogP contribution in [0.1, 0.15) is 36.2 Å². The van der Waals surface area contributed by atoms with Gasteiger partial charge in [0.2, 0.25) is 0 Å². The lowest BCUT2D eigenvalue weighted by Crippen LogP contribution is -2.45. The van der Waals surface area contributed by atoms with E-state index < -0.39 is 0 Å². The number of pyridine rings is 2. The first-order valence-corrected chi connectivity index (χ1v) is 10.3. The highest BCUT2D eigenvalue weighted by atomic mass is 16.3. The summed E-state index contributed by atoms with van der Waals surface area (Å²) in [6.07, 6.45) is 2.72. The number of aryl methyl sites for hydroxylation is 1. The van der Waals surface area contributed by atoms with Gasteiger partial charge in [0.1, 0.15) is 16.8 Å². The van der Waals surface area contributed by atoms with Crippen LogP contribution in [0.3, 0.4) is 0 Å². The van der Waals surface area contributed by atoms with Gasteiger partial charge in [-0.25, -0.2) is 4.98 Å². The van der Waals surface area contributed by atoms with Crippen LogP contribution in [0.15, 0.2) is 29.2 Å². The second-order valence-corrected chi connectivity index (χ2v) is 8.48. The van der Waals surface area contributed by atoms with Crippen LogP contribution in [-0.2, 0) is 6.54 Å². The smallest absolute Gasteiger partial charge is 0.267 e. The molecule has 0 aliphatic carbocycles. The average Bonchev–Trinajstić information content (AvgIpc) is 2.70. The molecular formula is C22H27N5O3. The number of carbonyl (C=O) groups excluding carboxylic acids is 1. The lowest BCUT2D eigenvalue weighted by Gasteiger charge is -2.35. The lowest BCUT2D eigenvalue weighted by molar-refractivity contribution is 0.0620. The van der Waals surface area contributed by atoms with E-state index in [0.29, 0.717) is 36.2 Å². The predicted octanol–water partition coefficient (Wildman–Crippen LogP) is 1.55. The van der Waals surface area contributed by atoms with Gasteiger partial charge in [0.05, 0.1) is 17.6 Å². The molecule has 0 aromatic carbocycles. The van der Waals surface area contributed by atoms with Gasteiger partial charge >= 0.3 is 0 Å². The Balaban J connectivity index is 1.97. The minimum absolute atomic E-state index is 0.0303. The Morgan fingerprint density at radius 1 is 1.27 bits per heavy atom. The van der Waals surface area contributed by atoms with Gasteiger partial charge in [-0.05, 0) is 42.9 Å². The van der Waals surface area contributed by atoms with Crippen LogP contribution >= 0.6 is 0 Å². The van der Waals surface area contributed by atoms with Crippen molar-refractivity contribution >= 4 is 22.6 Å². The monoisotopic (exact) mass is 409 g/mol. The Morgan fingerprint density at radius 3 is 2.63 bits per heavy atom. The molecule has 4 rings (SSSR count). The molecule has 1 aliphatic rings. The van der Waals surface area contributed by atoms with Gasteiger partial charge < -0.3 is 14.6 Å². The zero-order valence-electron chi connectivity index (χ0n) is 17.6. The van der Waals surface area contributed by atoms with Gasteiger partial charge in [0.25, 0.3) is 11.5 Å². The molecule has 0 radical (unpaired) electrons. The maximum Gasteiger partial charge on any atom is 0.267 e. The first-order valence-electron chi connectivity index (χ1n) is 10.3. The SMILES string of the molecule is Cc1cccn2c(=O)c3cc(C(=O)N4CC(C)CC(C)C4)c(=N)n(CCO)c3nc12. The number of carbonyl (C=O) groups is 1. The first-order chi connectivity index (χ1) is 14.3. The predicted molar refractivity (Wildman–Crippen MR) is 113 cm³/mol. The minimum Gasteiger partial charge on any atom is -0.395 e. The van der Waals surface area contributed by atoms with E-state index in [-0.39, 0.29) is 41.1 Å².